The third-order valence-corrected chi connectivity index (χ3v) is 6.04. The molecule has 124 valence electrons. The van der Waals surface area contributed by atoms with Gasteiger partial charge in [0.2, 0.25) is 10.0 Å². The van der Waals surface area contributed by atoms with Crippen LogP contribution in [0.25, 0.3) is 11.1 Å². The molecule has 0 saturated carbocycles. The van der Waals surface area contributed by atoms with Crippen LogP contribution in [0, 0.1) is 0 Å². The van der Waals surface area contributed by atoms with E-state index in [1.807, 2.05) is 54.8 Å². The van der Waals surface area contributed by atoms with Crippen LogP contribution in [0.1, 0.15) is 18.1 Å². The van der Waals surface area contributed by atoms with Gasteiger partial charge in [-0.15, -0.1) is 0 Å². The van der Waals surface area contributed by atoms with E-state index in [1.54, 1.807) is 23.5 Å². The first kappa shape index (κ1) is 16.9. The van der Waals surface area contributed by atoms with Crippen LogP contribution < -0.4 is 4.72 Å². The largest absolute Gasteiger partial charge is 0.240 e. The molecule has 3 rings (SSSR count). The Morgan fingerprint density at radius 2 is 1.75 bits per heavy atom. The van der Waals surface area contributed by atoms with E-state index in [2.05, 4.69) is 10.1 Å². The van der Waals surface area contributed by atoms with Crippen LogP contribution in [-0.4, -0.2) is 8.42 Å². The number of sulfonamides is 1. The Balaban J connectivity index is 1.80. The number of hydrogen-bond acceptors (Lipinski definition) is 3. The van der Waals surface area contributed by atoms with Gasteiger partial charge >= 0.3 is 0 Å². The number of benzene rings is 2. The van der Waals surface area contributed by atoms with Crippen LogP contribution in [-0.2, 0) is 23.0 Å². The highest BCUT2D eigenvalue weighted by Crippen LogP contribution is 2.26. The highest BCUT2D eigenvalue weighted by atomic mass is 32.2. The van der Waals surface area contributed by atoms with Crippen LogP contribution in [0.5, 0.6) is 0 Å². The van der Waals surface area contributed by atoms with Gasteiger partial charge in [-0.1, -0.05) is 43.3 Å². The Labute approximate surface area is 147 Å². The summed E-state index contributed by atoms with van der Waals surface area (Å²) in [6.45, 7) is 2.31. The molecule has 5 heteroatoms. The second-order valence-corrected chi connectivity index (χ2v) is 8.04. The van der Waals surface area contributed by atoms with E-state index in [0.29, 0.717) is 4.90 Å². The average Bonchev–Trinajstić information content (AvgIpc) is 3.15. The van der Waals surface area contributed by atoms with Gasteiger partial charge in [0, 0.05) is 6.54 Å². The molecule has 0 fully saturated rings. The summed E-state index contributed by atoms with van der Waals surface area (Å²) in [5, 5.41) is 4.09. The minimum absolute atomic E-state index is 0.268. The molecule has 0 spiro atoms. The Morgan fingerprint density at radius 1 is 1.00 bits per heavy atom. The van der Waals surface area contributed by atoms with E-state index < -0.39 is 10.0 Å². The molecule has 2 aromatic carbocycles. The average molecular weight is 358 g/mol. The zero-order chi connectivity index (χ0) is 17.0. The lowest BCUT2D eigenvalue weighted by atomic mass is 10.0. The molecular formula is C19H19NO2S2. The molecule has 0 atom stereocenters. The summed E-state index contributed by atoms with van der Waals surface area (Å²) in [6.07, 6.45) is 0.891. The third-order valence-electron chi connectivity index (χ3n) is 3.94. The van der Waals surface area contributed by atoms with Crippen LogP contribution in [0.4, 0.5) is 0 Å². The topological polar surface area (TPSA) is 46.2 Å². The maximum atomic E-state index is 12.5. The van der Waals surface area contributed by atoms with Crippen molar-refractivity contribution in [2.45, 2.75) is 24.8 Å². The number of nitrogens with one attached hydrogen (secondary N) is 1. The van der Waals surface area contributed by atoms with Crippen molar-refractivity contribution in [1.82, 2.24) is 4.72 Å². The zero-order valence-electron chi connectivity index (χ0n) is 13.4. The van der Waals surface area contributed by atoms with Crippen molar-refractivity contribution >= 4 is 21.4 Å². The first-order chi connectivity index (χ1) is 11.6. The molecule has 0 bridgehead atoms. The SMILES string of the molecule is CCc1ccc(S(=O)(=O)NCc2ccccc2-c2ccsc2)cc1. The maximum absolute atomic E-state index is 12.5. The number of rotatable bonds is 6. The van der Waals surface area contributed by atoms with E-state index in [9.17, 15) is 8.42 Å². The fourth-order valence-electron chi connectivity index (χ4n) is 2.53. The predicted molar refractivity (Wildman–Crippen MR) is 99.6 cm³/mol. The molecule has 0 saturated heterocycles. The minimum Gasteiger partial charge on any atom is -0.207 e. The van der Waals surface area contributed by atoms with Gasteiger partial charge in [0.05, 0.1) is 4.90 Å². The van der Waals surface area contributed by atoms with Gasteiger partial charge in [0.25, 0.3) is 0 Å². The van der Waals surface area contributed by atoms with Crippen LogP contribution in [0.3, 0.4) is 0 Å². The Bertz CT molecular complexity index is 899. The number of aryl methyl sites for hydroxylation is 1. The van der Waals surface area contributed by atoms with Crippen molar-refractivity contribution < 1.29 is 8.42 Å². The summed E-state index contributed by atoms with van der Waals surface area (Å²) < 4.78 is 27.7. The van der Waals surface area contributed by atoms with Crippen molar-refractivity contribution in [2.24, 2.45) is 0 Å². The number of hydrogen-bond donors (Lipinski definition) is 1. The second-order valence-electron chi connectivity index (χ2n) is 5.49. The normalized spacial score (nSPS) is 11.5. The first-order valence-corrected chi connectivity index (χ1v) is 10.2. The van der Waals surface area contributed by atoms with Gasteiger partial charge < -0.3 is 0 Å². The molecule has 0 aliphatic rings. The minimum atomic E-state index is -3.52. The lowest BCUT2D eigenvalue weighted by Crippen LogP contribution is -2.23. The predicted octanol–water partition coefficient (Wildman–Crippen LogP) is 4.46. The summed E-state index contributed by atoms with van der Waals surface area (Å²) >= 11 is 1.63. The zero-order valence-corrected chi connectivity index (χ0v) is 15.0. The van der Waals surface area contributed by atoms with E-state index in [4.69, 9.17) is 0 Å². The van der Waals surface area contributed by atoms with Crippen molar-refractivity contribution in [2.75, 3.05) is 0 Å². The lowest BCUT2D eigenvalue weighted by Gasteiger charge is -2.11. The molecule has 0 aliphatic carbocycles. The Kier molecular flexibility index (Phi) is 5.14. The molecule has 24 heavy (non-hydrogen) atoms. The highest BCUT2D eigenvalue weighted by molar-refractivity contribution is 7.89. The summed E-state index contributed by atoms with van der Waals surface area (Å²) in [7, 11) is -3.52. The first-order valence-electron chi connectivity index (χ1n) is 7.79. The summed E-state index contributed by atoms with van der Waals surface area (Å²) in [5.41, 5.74) is 4.26. The molecule has 3 aromatic rings. The Hall–Kier alpha value is -1.95. The van der Waals surface area contributed by atoms with E-state index in [-0.39, 0.29) is 6.54 Å². The van der Waals surface area contributed by atoms with Crippen molar-refractivity contribution in [3.8, 4) is 11.1 Å². The van der Waals surface area contributed by atoms with Gasteiger partial charge in [-0.2, -0.15) is 11.3 Å². The molecule has 0 amide bonds. The van der Waals surface area contributed by atoms with Crippen LogP contribution in [0.15, 0.2) is 70.3 Å². The van der Waals surface area contributed by atoms with Crippen molar-refractivity contribution in [3.63, 3.8) is 0 Å². The molecule has 0 aliphatic heterocycles. The monoisotopic (exact) mass is 357 g/mol. The Morgan fingerprint density at radius 3 is 2.42 bits per heavy atom. The summed E-state index contributed by atoms with van der Waals surface area (Å²) in [5.74, 6) is 0. The van der Waals surface area contributed by atoms with Gasteiger partial charge in [-0.25, -0.2) is 13.1 Å². The molecular weight excluding hydrogens is 338 g/mol. The van der Waals surface area contributed by atoms with E-state index >= 15 is 0 Å². The van der Waals surface area contributed by atoms with E-state index in [0.717, 1.165) is 28.7 Å². The molecule has 1 N–H and O–H groups in total. The van der Waals surface area contributed by atoms with Gasteiger partial charge in [0.15, 0.2) is 0 Å². The molecule has 1 aromatic heterocycles. The molecule has 0 radical (unpaired) electrons. The van der Waals surface area contributed by atoms with Crippen molar-refractivity contribution in [3.05, 3.63) is 76.5 Å². The fraction of sp³-hybridized carbons (Fsp3) is 0.158. The van der Waals surface area contributed by atoms with E-state index in [1.165, 1.54) is 0 Å². The lowest BCUT2D eigenvalue weighted by molar-refractivity contribution is 0.581. The van der Waals surface area contributed by atoms with Gasteiger partial charge in [-0.3, -0.25) is 0 Å². The van der Waals surface area contributed by atoms with Crippen LogP contribution in [0.2, 0.25) is 0 Å². The van der Waals surface area contributed by atoms with Crippen LogP contribution >= 0.6 is 11.3 Å². The second kappa shape index (κ2) is 7.30. The number of thiophene rings is 1. The smallest absolute Gasteiger partial charge is 0.207 e. The molecule has 1 heterocycles. The summed E-state index contributed by atoms with van der Waals surface area (Å²) in [4.78, 5) is 0.299. The van der Waals surface area contributed by atoms with Gasteiger partial charge in [0.1, 0.15) is 0 Å². The third kappa shape index (κ3) is 3.75. The highest BCUT2D eigenvalue weighted by Gasteiger charge is 2.14. The molecule has 3 nitrogen and oxygen atoms in total. The quantitative estimate of drug-likeness (QED) is 0.708. The summed E-state index contributed by atoms with van der Waals surface area (Å²) in [6, 6.07) is 16.9. The molecule has 0 unspecified atom stereocenters. The van der Waals surface area contributed by atoms with Crippen molar-refractivity contribution in [1.29, 1.82) is 0 Å². The fourth-order valence-corrected chi connectivity index (χ4v) is 4.20. The maximum Gasteiger partial charge on any atom is 0.240 e. The standard InChI is InChI=1S/C19H19NO2S2/c1-2-15-7-9-18(10-8-15)24(21,22)20-13-16-5-3-4-6-19(16)17-11-12-23-14-17/h3-12,14,20H,2,13H2,1H3. The van der Waals surface area contributed by atoms with Gasteiger partial charge in [-0.05, 0) is 57.6 Å².